The number of hydrogen-bond acceptors (Lipinski definition) is 3. The van der Waals surface area contributed by atoms with Crippen molar-refractivity contribution in [1.82, 2.24) is 14.5 Å². The predicted molar refractivity (Wildman–Crippen MR) is 83.7 cm³/mol. The van der Waals surface area contributed by atoms with Crippen LogP contribution < -0.4 is 5.56 Å². The molecule has 0 spiro atoms. The lowest BCUT2D eigenvalue weighted by Gasteiger charge is -2.18. The van der Waals surface area contributed by atoms with Crippen LogP contribution in [0.1, 0.15) is 30.6 Å². The molecule has 0 unspecified atom stereocenters. The topological polar surface area (TPSA) is 47.8 Å². The van der Waals surface area contributed by atoms with E-state index in [0.29, 0.717) is 12.1 Å². The van der Waals surface area contributed by atoms with Crippen LogP contribution in [0.3, 0.4) is 0 Å². The number of benzene rings is 1. The van der Waals surface area contributed by atoms with Crippen molar-refractivity contribution in [3.8, 4) is 0 Å². The Labute approximate surface area is 135 Å². The summed E-state index contributed by atoms with van der Waals surface area (Å²) in [7, 11) is 0. The van der Waals surface area contributed by atoms with Gasteiger partial charge in [-0.1, -0.05) is 19.1 Å². The Morgan fingerprint density at radius 2 is 1.92 bits per heavy atom. The molecule has 1 atom stereocenters. The van der Waals surface area contributed by atoms with E-state index in [2.05, 4.69) is 9.97 Å². The number of hydrogen-bond donors (Lipinski definition) is 0. The van der Waals surface area contributed by atoms with E-state index in [4.69, 9.17) is 0 Å². The van der Waals surface area contributed by atoms with Crippen LogP contribution >= 0.6 is 0 Å². The first kappa shape index (κ1) is 16.2. The third-order valence-corrected chi connectivity index (χ3v) is 3.87. The summed E-state index contributed by atoms with van der Waals surface area (Å²) in [6.45, 7) is 1.84. The molecule has 124 valence electrons. The number of fused-ring (bicyclic) bond motifs is 1. The number of pyridine rings is 1. The summed E-state index contributed by atoms with van der Waals surface area (Å²) in [5, 5.41) is -0.415. The summed E-state index contributed by atoms with van der Waals surface area (Å²) in [4.78, 5) is 21.0. The van der Waals surface area contributed by atoms with Crippen LogP contribution in [-0.4, -0.2) is 14.5 Å². The van der Waals surface area contributed by atoms with Gasteiger partial charge >= 0.3 is 6.18 Å². The lowest BCUT2D eigenvalue weighted by molar-refractivity contribution is -0.136. The van der Waals surface area contributed by atoms with E-state index in [1.165, 1.54) is 23.0 Å². The Kier molecular flexibility index (Phi) is 4.09. The SMILES string of the molecule is CC[C@H](c1ccccn1)n1cnc2cccc(C(F)(F)F)c2c1=O. The van der Waals surface area contributed by atoms with E-state index in [0.717, 1.165) is 6.07 Å². The highest BCUT2D eigenvalue weighted by Gasteiger charge is 2.34. The second-order valence-electron chi connectivity index (χ2n) is 5.33. The van der Waals surface area contributed by atoms with Crippen LogP contribution in [0.25, 0.3) is 10.9 Å². The van der Waals surface area contributed by atoms with Gasteiger partial charge in [0.1, 0.15) is 0 Å². The molecule has 3 rings (SSSR count). The average molecular weight is 333 g/mol. The fourth-order valence-electron chi connectivity index (χ4n) is 2.76. The first-order valence-electron chi connectivity index (χ1n) is 7.41. The summed E-state index contributed by atoms with van der Waals surface area (Å²) in [6.07, 6.45) is -1.25. The molecule has 0 fully saturated rings. The van der Waals surface area contributed by atoms with Gasteiger partial charge in [-0.2, -0.15) is 13.2 Å². The van der Waals surface area contributed by atoms with Crippen LogP contribution in [0.15, 0.2) is 53.7 Å². The van der Waals surface area contributed by atoms with Gasteiger partial charge < -0.3 is 0 Å². The minimum absolute atomic E-state index is 0.0296. The molecular formula is C17H14F3N3O. The van der Waals surface area contributed by atoms with Crippen molar-refractivity contribution in [1.29, 1.82) is 0 Å². The predicted octanol–water partition coefficient (Wildman–Crippen LogP) is 3.81. The van der Waals surface area contributed by atoms with Gasteiger partial charge in [-0.15, -0.1) is 0 Å². The number of aromatic nitrogens is 3. The van der Waals surface area contributed by atoms with E-state index < -0.39 is 28.7 Å². The fraction of sp³-hybridized carbons (Fsp3) is 0.235. The molecule has 2 aromatic heterocycles. The molecule has 0 aliphatic carbocycles. The van der Waals surface area contributed by atoms with E-state index in [1.807, 2.05) is 6.92 Å². The zero-order valence-corrected chi connectivity index (χ0v) is 12.8. The van der Waals surface area contributed by atoms with Crippen molar-refractivity contribution in [3.63, 3.8) is 0 Å². The summed E-state index contributed by atoms with van der Waals surface area (Å²) >= 11 is 0. The number of rotatable bonds is 3. The van der Waals surface area contributed by atoms with Gasteiger partial charge in [0.25, 0.3) is 5.56 Å². The summed E-state index contributed by atoms with van der Waals surface area (Å²) in [6, 6.07) is 8.32. The fourth-order valence-corrected chi connectivity index (χ4v) is 2.76. The van der Waals surface area contributed by atoms with Crippen LogP contribution in [0.5, 0.6) is 0 Å². The van der Waals surface area contributed by atoms with Crippen molar-refractivity contribution in [2.24, 2.45) is 0 Å². The average Bonchev–Trinajstić information content (AvgIpc) is 2.57. The van der Waals surface area contributed by atoms with Gasteiger partial charge in [0.05, 0.1) is 34.5 Å². The molecule has 0 aliphatic heterocycles. The Bertz CT molecular complexity index is 920. The molecule has 2 heterocycles. The third-order valence-electron chi connectivity index (χ3n) is 3.87. The Balaban J connectivity index is 2.27. The van der Waals surface area contributed by atoms with Crippen LogP contribution in [0, 0.1) is 0 Å². The van der Waals surface area contributed by atoms with Crippen LogP contribution in [0.4, 0.5) is 13.2 Å². The quantitative estimate of drug-likeness (QED) is 0.732. The Morgan fingerprint density at radius 1 is 1.12 bits per heavy atom. The maximum absolute atomic E-state index is 13.2. The number of halogens is 3. The highest BCUT2D eigenvalue weighted by atomic mass is 19.4. The zero-order chi connectivity index (χ0) is 17.3. The lowest BCUT2D eigenvalue weighted by Crippen LogP contribution is -2.27. The minimum atomic E-state index is -4.62. The second-order valence-corrected chi connectivity index (χ2v) is 5.33. The van der Waals surface area contributed by atoms with E-state index in [-0.39, 0.29) is 5.52 Å². The highest BCUT2D eigenvalue weighted by Crippen LogP contribution is 2.33. The normalized spacial score (nSPS) is 13.2. The Hall–Kier alpha value is -2.70. The van der Waals surface area contributed by atoms with Crippen molar-refractivity contribution >= 4 is 10.9 Å². The second kappa shape index (κ2) is 6.07. The summed E-state index contributed by atoms with van der Waals surface area (Å²) in [5.41, 5.74) is -1.05. The Morgan fingerprint density at radius 3 is 2.54 bits per heavy atom. The summed E-state index contributed by atoms with van der Waals surface area (Å²) in [5.74, 6) is 0. The van der Waals surface area contributed by atoms with Gasteiger partial charge in [0.2, 0.25) is 0 Å². The molecule has 1 aromatic carbocycles. The van der Waals surface area contributed by atoms with Gasteiger partial charge in [-0.3, -0.25) is 14.3 Å². The van der Waals surface area contributed by atoms with Crippen molar-refractivity contribution in [2.75, 3.05) is 0 Å². The first-order valence-corrected chi connectivity index (χ1v) is 7.41. The van der Waals surface area contributed by atoms with Gasteiger partial charge in [0.15, 0.2) is 0 Å². The monoisotopic (exact) mass is 333 g/mol. The van der Waals surface area contributed by atoms with Gasteiger partial charge in [0, 0.05) is 6.20 Å². The van der Waals surface area contributed by atoms with Gasteiger partial charge in [-0.25, -0.2) is 4.98 Å². The van der Waals surface area contributed by atoms with Crippen LogP contribution in [-0.2, 0) is 6.18 Å². The zero-order valence-electron chi connectivity index (χ0n) is 12.8. The molecule has 0 bridgehead atoms. The lowest BCUT2D eigenvalue weighted by atomic mass is 10.1. The maximum Gasteiger partial charge on any atom is 0.417 e. The van der Waals surface area contributed by atoms with E-state index >= 15 is 0 Å². The highest BCUT2D eigenvalue weighted by molar-refractivity contribution is 5.81. The molecule has 0 N–H and O–H groups in total. The molecule has 0 aliphatic rings. The molecule has 0 amide bonds. The van der Waals surface area contributed by atoms with E-state index in [9.17, 15) is 18.0 Å². The smallest absolute Gasteiger partial charge is 0.290 e. The van der Waals surface area contributed by atoms with Crippen molar-refractivity contribution in [2.45, 2.75) is 25.6 Å². The molecular weight excluding hydrogens is 319 g/mol. The number of alkyl halides is 3. The summed E-state index contributed by atoms with van der Waals surface area (Å²) < 4.78 is 41.0. The van der Waals surface area contributed by atoms with Crippen molar-refractivity contribution in [3.05, 3.63) is 70.5 Å². The molecule has 24 heavy (non-hydrogen) atoms. The maximum atomic E-state index is 13.2. The molecule has 0 saturated heterocycles. The van der Waals surface area contributed by atoms with Crippen LogP contribution in [0.2, 0.25) is 0 Å². The molecule has 0 saturated carbocycles. The molecule has 4 nitrogen and oxygen atoms in total. The van der Waals surface area contributed by atoms with Crippen molar-refractivity contribution < 1.29 is 13.2 Å². The minimum Gasteiger partial charge on any atom is -0.290 e. The van der Waals surface area contributed by atoms with Gasteiger partial charge in [-0.05, 0) is 30.7 Å². The van der Waals surface area contributed by atoms with E-state index in [1.54, 1.807) is 24.4 Å². The molecule has 0 radical (unpaired) electrons. The molecule has 3 aromatic rings. The third kappa shape index (κ3) is 2.77. The standard InChI is InChI=1S/C17H14F3N3O/c1-2-14(12-7-3-4-9-21-12)23-10-22-13-8-5-6-11(17(18,19)20)15(13)16(23)24/h3-10,14H,2H2,1H3/t14-/m1/s1. The largest absolute Gasteiger partial charge is 0.417 e. The number of nitrogens with zero attached hydrogens (tertiary/aromatic N) is 3. The first-order chi connectivity index (χ1) is 11.4. The molecule has 7 heteroatoms.